The molecule has 2 rings (SSSR count). The van der Waals surface area contributed by atoms with E-state index in [-0.39, 0.29) is 5.78 Å². The maximum absolute atomic E-state index is 12.0. The largest absolute Gasteiger partial charge is 0.294 e. The third-order valence-corrected chi connectivity index (χ3v) is 2.41. The first-order valence-corrected chi connectivity index (χ1v) is 5.11. The molecule has 3 heteroatoms. The summed E-state index contributed by atoms with van der Waals surface area (Å²) in [6.45, 7) is 1.91. The smallest absolute Gasteiger partial charge is 0.170 e. The Morgan fingerprint density at radius 1 is 1.25 bits per heavy atom. The van der Waals surface area contributed by atoms with Gasteiger partial charge in [-0.2, -0.15) is 0 Å². The summed E-state index contributed by atoms with van der Waals surface area (Å²) in [6, 6.07) is 7.41. The number of rotatable bonds is 3. The lowest BCUT2D eigenvalue weighted by atomic mass is 10.0. The second-order valence-electron chi connectivity index (χ2n) is 3.61. The van der Waals surface area contributed by atoms with Crippen LogP contribution in [0.25, 0.3) is 0 Å². The van der Waals surface area contributed by atoms with Crippen molar-refractivity contribution in [3.05, 3.63) is 59.7 Å². The van der Waals surface area contributed by atoms with Gasteiger partial charge < -0.3 is 0 Å². The number of aryl methyl sites for hydroxylation is 1. The molecule has 0 unspecified atom stereocenters. The predicted octanol–water partition coefficient (Wildman–Crippen LogP) is 2.21. The SMILES string of the molecule is Cc1ccncc1C(=O)Cc1ccccn1. The van der Waals surface area contributed by atoms with Crippen LogP contribution in [-0.2, 0) is 6.42 Å². The van der Waals surface area contributed by atoms with E-state index in [1.54, 1.807) is 18.6 Å². The van der Waals surface area contributed by atoms with Gasteiger partial charge in [-0.25, -0.2) is 0 Å². The van der Waals surface area contributed by atoms with Crippen LogP contribution in [0, 0.1) is 6.92 Å². The molecule has 0 aliphatic carbocycles. The van der Waals surface area contributed by atoms with Crippen LogP contribution in [0.5, 0.6) is 0 Å². The van der Waals surface area contributed by atoms with Crippen LogP contribution >= 0.6 is 0 Å². The number of pyridine rings is 2. The van der Waals surface area contributed by atoms with Gasteiger partial charge in [-0.1, -0.05) is 6.07 Å². The lowest BCUT2D eigenvalue weighted by Crippen LogP contribution is -2.07. The lowest BCUT2D eigenvalue weighted by molar-refractivity contribution is 0.0991. The van der Waals surface area contributed by atoms with Crippen LogP contribution in [-0.4, -0.2) is 15.8 Å². The van der Waals surface area contributed by atoms with Crippen molar-refractivity contribution in [2.24, 2.45) is 0 Å². The fraction of sp³-hybridized carbons (Fsp3) is 0.154. The Balaban J connectivity index is 2.19. The highest BCUT2D eigenvalue weighted by Gasteiger charge is 2.10. The lowest BCUT2D eigenvalue weighted by Gasteiger charge is -2.03. The number of ketones is 1. The minimum atomic E-state index is 0.0595. The molecule has 0 N–H and O–H groups in total. The topological polar surface area (TPSA) is 42.9 Å². The molecule has 0 saturated heterocycles. The van der Waals surface area contributed by atoms with Crippen molar-refractivity contribution in [3.8, 4) is 0 Å². The van der Waals surface area contributed by atoms with Crippen molar-refractivity contribution >= 4 is 5.78 Å². The molecule has 3 nitrogen and oxygen atoms in total. The van der Waals surface area contributed by atoms with Crippen LogP contribution in [0.15, 0.2) is 42.9 Å². The summed E-state index contributed by atoms with van der Waals surface area (Å²) in [6.07, 6.45) is 5.32. The molecule has 0 bridgehead atoms. The van der Waals surface area contributed by atoms with Gasteiger partial charge in [0.15, 0.2) is 5.78 Å². The monoisotopic (exact) mass is 212 g/mol. The van der Waals surface area contributed by atoms with E-state index >= 15 is 0 Å². The number of carbonyl (C=O) groups excluding carboxylic acids is 1. The van der Waals surface area contributed by atoms with Crippen molar-refractivity contribution in [2.75, 3.05) is 0 Å². The molecular weight excluding hydrogens is 200 g/mol. The van der Waals surface area contributed by atoms with Crippen LogP contribution in [0.3, 0.4) is 0 Å². The second-order valence-corrected chi connectivity index (χ2v) is 3.61. The summed E-state index contributed by atoms with van der Waals surface area (Å²) in [5, 5.41) is 0. The maximum Gasteiger partial charge on any atom is 0.170 e. The summed E-state index contributed by atoms with van der Waals surface area (Å²) in [7, 11) is 0. The highest BCUT2D eigenvalue weighted by molar-refractivity contribution is 5.98. The van der Waals surface area contributed by atoms with E-state index in [1.807, 2.05) is 31.2 Å². The molecule has 0 saturated carbocycles. The van der Waals surface area contributed by atoms with Gasteiger partial charge in [0.05, 0.1) is 6.42 Å². The summed E-state index contributed by atoms with van der Waals surface area (Å²) >= 11 is 0. The molecule has 0 aliphatic heterocycles. The van der Waals surface area contributed by atoms with E-state index in [2.05, 4.69) is 9.97 Å². The summed E-state index contributed by atoms with van der Waals surface area (Å²) in [5.41, 5.74) is 2.42. The highest BCUT2D eigenvalue weighted by Crippen LogP contribution is 2.09. The average molecular weight is 212 g/mol. The molecule has 2 aromatic rings. The molecule has 2 heterocycles. The van der Waals surface area contributed by atoms with Gasteiger partial charge in [-0.15, -0.1) is 0 Å². The molecular formula is C13H12N2O. The zero-order valence-electron chi connectivity index (χ0n) is 9.05. The molecule has 16 heavy (non-hydrogen) atoms. The summed E-state index contributed by atoms with van der Waals surface area (Å²) < 4.78 is 0. The third kappa shape index (κ3) is 2.31. The molecule has 0 aromatic carbocycles. The molecule has 0 spiro atoms. The van der Waals surface area contributed by atoms with Crippen LogP contribution in [0.2, 0.25) is 0 Å². The summed E-state index contributed by atoms with van der Waals surface area (Å²) in [4.78, 5) is 20.1. The van der Waals surface area contributed by atoms with Gasteiger partial charge in [-0.05, 0) is 30.7 Å². The van der Waals surface area contributed by atoms with E-state index in [1.165, 1.54) is 0 Å². The van der Waals surface area contributed by atoms with Crippen molar-refractivity contribution in [3.63, 3.8) is 0 Å². The number of carbonyl (C=O) groups is 1. The summed E-state index contributed by atoms with van der Waals surface area (Å²) in [5.74, 6) is 0.0595. The zero-order valence-corrected chi connectivity index (χ0v) is 9.05. The Labute approximate surface area is 94.2 Å². The fourth-order valence-corrected chi connectivity index (χ4v) is 1.52. The molecule has 0 fully saturated rings. The first kappa shape index (κ1) is 10.5. The van der Waals surface area contributed by atoms with E-state index in [0.29, 0.717) is 12.0 Å². The number of Topliss-reactive ketones (excluding diaryl/α,β-unsaturated/α-hetero) is 1. The molecule has 2 aromatic heterocycles. The van der Waals surface area contributed by atoms with Gasteiger partial charge in [-0.3, -0.25) is 14.8 Å². The first-order valence-electron chi connectivity index (χ1n) is 5.11. The van der Waals surface area contributed by atoms with Crippen LogP contribution < -0.4 is 0 Å². The fourth-order valence-electron chi connectivity index (χ4n) is 1.52. The Kier molecular flexibility index (Phi) is 3.05. The molecule has 0 radical (unpaired) electrons. The number of hydrogen-bond acceptors (Lipinski definition) is 3. The maximum atomic E-state index is 12.0. The second kappa shape index (κ2) is 4.66. The minimum absolute atomic E-state index is 0.0595. The number of nitrogens with zero attached hydrogens (tertiary/aromatic N) is 2. The van der Waals surface area contributed by atoms with E-state index < -0.39 is 0 Å². The highest BCUT2D eigenvalue weighted by atomic mass is 16.1. The van der Waals surface area contributed by atoms with Gasteiger partial charge in [0.25, 0.3) is 0 Å². The molecule has 80 valence electrons. The average Bonchev–Trinajstić information content (AvgIpc) is 2.31. The van der Waals surface area contributed by atoms with Gasteiger partial charge in [0.1, 0.15) is 0 Å². The van der Waals surface area contributed by atoms with E-state index in [4.69, 9.17) is 0 Å². The molecule has 0 aliphatic rings. The standard InChI is InChI=1S/C13H12N2O/c1-10-5-7-14-9-12(10)13(16)8-11-4-2-3-6-15-11/h2-7,9H,8H2,1H3. The van der Waals surface area contributed by atoms with Crippen LogP contribution in [0.4, 0.5) is 0 Å². The number of hydrogen-bond donors (Lipinski definition) is 0. The Morgan fingerprint density at radius 3 is 2.81 bits per heavy atom. The zero-order chi connectivity index (χ0) is 11.4. The van der Waals surface area contributed by atoms with Gasteiger partial charge in [0, 0.05) is 29.8 Å². The third-order valence-electron chi connectivity index (χ3n) is 2.41. The van der Waals surface area contributed by atoms with Crippen molar-refractivity contribution in [1.29, 1.82) is 0 Å². The van der Waals surface area contributed by atoms with Crippen molar-refractivity contribution in [2.45, 2.75) is 13.3 Å². The predicted molar refractivity (Wildman–Crippen MR) is 61.2 cm³/mol. The molecule has 0 amide bonds. The van der Waals surface area contributed by atoms with Gasteiger partial charge >= 0.3 is 0 Å². The quantitative estimate of drug-likeness (QED) is 0.732. The van der Waals surface area contributed by atoms with Gasteiger partial charge in [0.2, 0.25) is 0 Å². The normalized spacial score (nSPS) is 10.1. The minimum Gasteiger partial charge on any atom is -0.294 e. The Morgan fingerprint density at radius 2 is 2.12 bits per heavy atom. The van der Waals surface area contributed by atoms with E-state index in [0.717, 1.165) is 11.3 Å². The van der Waals surface area contributed by atoms with Crippen molar-refractivity contribution < 1.29 is 4.79 Å². The Bertz CT molecular complexity index is 494. The Hall–Kier alpha value is -2.03. The first-order chi connectivity index (χ1) is 7.77. The van der Waals surface area contributed by atoms with Crippen molar-refractivity contribution in [1.82, 2.24) is 9.97 Å². The van der Waals surface area contributed by atoms with Crippen LogP contribution in [0.1, 0.15) is 21.6 Å². The van der Waals surface area contributed by atoms with E-state index in [9.17, 15) is 4.79 Å². The molecule has 0 atom stereocenters. The number of aromatic nitrogens is 2.